The third-order valence-electron chi connectivity index (χ3n) is 2.73. The summed E-state index contributed by atoms with van der Waals surface area (Å²) >= 11 is 5.88. The molecule has 4 N–H and O–H groups in total. The molecular formula is C13H15ClN4O2. The van der Waals surface area contributed by atoms with Gasteiger partial charge in [-0.2, -0.15) is 0 Å². The quantitative estimate of drug-likeness (QED) is 0.580. The van der Waals surface area contributed by atoms with E-state index in [-0.39, 0.29) is 12.5 Å². The van der Waals surface area contributed by atoms with Gasteiger partial charge in [-0.3, -0.25) is 10.6 Å². The number of hydrogen-bond donors (Lipinski definition) is 3. The number of oxazole rings is 1. The maximum absolute atomic E-state index is 12.1. The topological polar surface area (TPSA) is 93.2 Å². The Bertz CT molecular complexity index is 612. The van der Waals surface area contributed by atoms with Gasteiger partial charge in [-0.1, -0.05) is 18.5 Å². The minimum Gasteiger partial charge on any atom is -0.444 e. The summed E-state index contributed by atoms with van der Waals surface area (Å²) < 4.78 is 5.41. The van der Waals surface area contributed by atoms with Crippen molar-refractivity contribution in [1.29, 1.82) is 0 Å². The van der Waals surface area contributed by atoms with Gasteiger partial charge in [-0.05, 0) is 18.2 Å². The van der Waals surface area contributed by atoms with Gasteiger partial charge in [-0.15, -0.1) is 0 Å². The molecule has 2 rings (SSSR count). The zero-order valence-electron chi connectivity index (χ0n) is 10.9. The predicted molar refractivity (Wildman–Crippen MR) is 76.3 cm³/mol. The van der Waals surface area contributed by atoms with Crippen molar-refractivity contribution < 1.29 is 9.21 Å². The number of amides is 1. The summed E-state index contributed by atoms with van der Waals surface area (Å²) in [5.74, 6) is 6.29. The smallest absolute Gasteiger partial charge is 0.253 e. The Hall–Kier alpha value is -2.05. The van der Waals surface area contributed by atoms with Crippen LogP contribution in [0, 0.1) is 0 Å². The Morgan fingerprint density at radius 3 is 2.95 bits per heavy atom. The first-order chi connectivity index (χ1) is 9.63. The summed E-state index contributed by atoms with van der Waals surface area (Å²) in [5.41, 5.74) is 3.31. The highest BCUT2D eigenvalue weighted by Gasteiger charge is 2.12. The highest BCUT2D eigenvalue weighted by molar-refractivity contribution is 6.31. The van der Waals surface area contributed by atoms with Crippen molar-refractivity contribution >= 4 is 23.2 Å². The number of anilines is 1. The Morgan fingerprint density at radius 2 is 2.30 bits per heavy atom. The third-order valence-corrected chi connectivity index (χ3v) is 2.97. The zero-order valence-corrected chi connectivity index (χ0v) is 11.7. The third kappa shape index (κ3) is 3.28. The van der Waals surface area contributed by atoms with Crippen molar-refractivity contribution in [1.82, 2.24) is 10.3 Å². The van der Waals surface area contributed by atoms with E-state index in [4.69, 9.17) is 21.9 Å². The average molecular weight is 295 g/mol. The van der Waals surface area contributed by atoms with Gasteiger partial charge in [0.1, 0.15) is 5.76 Å². The van der Waals surface area contributed by atoms with Crippen LogP contribution in [0.4, 0.5) is 5.69 Å². The van der Waals surface area contributed by atoms with Crippen molar-refractivity contribution in [3.8, 4) is 0 Å². The lowest BCUT2D eigenvalue weighted by Gasteiger charge is -2.09. The molecule has 0 aliphatic heterocycles. The number of nitrogens with two attached hydrogens (primary N) is 1. The molecule has 1 amide bonds. The number of aromatic nitrogens is 1. The number of rotatable bonds is 5. The van der Waals surface area contributed by atoms with E-state index in [1.165, 1.54) is 0 Å². The number of benzene rings is 1. The van der Waals surface area contributed by atoms with Crippen LogP contribution in [0.2, 0.25) is 5.02 Å². The minimum absolute atomic E-state index is 0.204. The number of hydrazine groups is 1. The number of nitrogen functional groups attached to an aromatic ring is 1. The molecule has 0 aliphatic rings. The summed E-state index contributed by atoms with van der Waals surface area (Å²) in [6, 6.07) is 4.83. The van der Waals surface area contributed by atoms with Gasteiger partial charge in [0.2, 0.25) is 5.89 Å². The summed E-state index contributed by atoms with van der Waals surface area (Å²) in [4.78, 5) is 16.2. The van der Waals surface area contributed by atoms with Crippen LogP contribution in [-0.4, -0.2) is 10.9 Å². The van der Waals surface area contributed by atoms with Gasteiger partial charge >= 0.3 is 0 Å². The van der Waals surface area contributed by atoms with Crippen molar-refractivity contribution in [3.63, 3.8) is 0 Å². The van der Waals surface area contributed by atoms with E-state index >= 15 is 0 Å². The highest BCUT2D eigenvalue weighted by Crippen LogP contribution is 2.19. The van der Waals surface area contributed by atoms with Gasteiger partial charge in [-0.25, -0.2) is 4.98 Å². The molecule has 0 fully saturated rings. The summed E-state index contributed by atoms with van der Waals surface area (Å²) in [7, 11) is 0. The lowest BCUT2D eigenvalue weighted by molar-refractivity contribution is 0.0948. The van der Waals surface area contributed by atoms with E-state index in [1.54, 1.807) is 24.4 Å². The van der Waals surface area contributed by atoms with E-state index < -0.39 is 0 Å². The largest absolute Gasteiger partial charge is 0.444 e. The second-order valence-corrected chi connectivity index (χ2v) is 4.53. The van der Waals surface area contributed by atoms with Crippen molar-refractivity contribution in [2.75, 3.05) is 5.43 Å². The van der Waals surface area contributed by atoms with E-state index in [2.05, 4.69) is 15.7 Å². The molecule has 1 aromatic heterocycles. The summed E-state index contributed by atoms with van der Waals surface area (Å²) in [5, 5.41) is 3.16. The molecule has 1 heterocycles. The van der Waals surface area contributed by atoms with Gasteiger partial charge in [0.15, 0.2) is 0 Å². The predicted octanol–water partition coefficient (Wildman–Crippen LogP) is 2.11. The molecule has 0 bridgehead atoms. The number of nitrogens with zero attached hydrogens (tertiary/aromatic N) is 1. The standard InChI is InChI=1S/C13H15ClN4O2/c1-2-9-6-16-12(20-9)7-17-13(19)10-5-8(14)3-4-11(10)18-15/h3-6,18H,2,7,15H2,1H3,(H,17,19). The number of halogens is 1. The molecule has 7 heteroatoms. The van der Waals surface area contributed by atoms with Gasteiger partial charge in [0.05, 0.1) is 24.0 Å². The minimum atomic E-state index is -0.309. The van der Waals surface area contributed by atoms with Crippen LogP contribution in [0.3, 0.4) is 0 Å². The van der Waals surface area contributed by atoms with Gasteiger partial charge in [0.25, 0.3) is 5.91 Å². The van der Waals surface area contributed by atoms with Crippen molar-refractivity contribution in [3.05, 3.63) is 46.6 Å². The molecule has 0 saturated heterocycles. The van der Waals surface area contributed by atoms with E-state index in [9.17, 15) is 4.79 Å². The Kier molecular flexibility index (Phi) is 4.60. The van der Waals surface area contributed by atoms with Crippen LogP contribution in [0.25, 0.3) is 0 Å². The van der Waals surface area contributed by atoms with Crippen LogP contribution >= 0.6 is 11.6 Å². The first kappa shape index (κ1) is 14.4. The highest BCUT2D eigenvalue weighted by atomic mass is 35.5. The van der Waals surface area contributed by atoms with Crippen molar-refractivity contribution in [2.24, 2.45) is 5.84 Å². The first-order valence-corrected chi connectivity index (χ1v) is 6.49. The first-order valence-electron chi connectivity index (χ1n) is 6.12. The number of aryl methyl sites for hydroxylation is 1. The van der Waals surface area contributed by atoms with Crippen LogP contribution in [0.1, 0.15) is 28.9 Å². The van der Waals surface area contributed by atoms with Crippen LogP contribution in [0.15, 0.2) is 28.8 Å². The molecular weight excluding hydrogens is 280 g/mol. The SMILES string of the molecule is CCc1cnc(CNC(=O)c2cc(Cl)ccc2NN)o1. The fourth-order valence-corrected chi connectivity index (χ4v) is 1.85. The van der Waals surface area contributed by atoms with Crippen LogP contribution in [0.5, 0.6) is 0 Å². The average Bonchev–Trinajstić information content (AvgIpc) is 2.92. The van der Waals surface area contributed by atoms with E-state index in [1.807, 2.05) is 6.92 Å². The molecule has 0 aliphatic carbocycles. The number of nitrogens with one attached hydrogen (secondary N) is 2. The molecule has 0 atom stereocenters. The van der Waals surface area contributed by atoms with Crippen molar-refractivity contribution in [2.45, 2.75) is 19.9 Å². The molecule has 106 valence electrons. The molecule has 20 heavy (non-hydrogen) atoms. The van der Waals surface area contributed by atoms with Crippen LogP contribution < -0.4 is 16.6 Å². The normalized spacial score (nSPS) is 10.3. The number of carbonyl (C=O) groups excluding carboxylic acids is 1. The van der Waals surface area contributed by atoms with Crippen LogP contribution in [-0.2, 0) is 13.0 Å². The summed E-state index contributed by atoms with van der Waals surface area (Å²) in [6.45, 7) is 2.17. The monoisotopic (exact) mass is 294 g/mol. The Morgan fingerprint density at radius 1 is 1.50 bits per heavy atom. The second-order valence-electron chi connectivity index (χ2n) is 4.09. The number of hydrogen-bond acceptors (Lipinski definition) is 5. The molecule has 2 aromatic rings. The molecule has 0 saturated carbocycles. The molecule has 6 nitrogen and oxygen atoms in total. The van der Waals surface area contributed by atoms with E-state index in [0.717, 1.165) is 12.2 Å². The van der Waals surface area contributed by atoms with Gasteiger partial charge < -0.3 is 15.2 Å². The Balaban J connectivity index is 2.06. The molecule has 0 spiro atoms. The fraction of sp³-hybridized carbons (Fsp3) is 0.231. The lowest BCUT2D eigenvalue weighted by atomic mass is 10.1. The van der Waals surface area contributed by atoms with E-state index in [0.29, 0.717) is 22.2 Å². The number of carbonyl (C=O) groups is 1. The lowest BCUT2D eigenvalue weighted by Crippen LogP contribution is -2.25. The maximum Gasteiger partial charge on any atom is 0.253 e. The second kappa shape index (κ2) is 6.40. The fourth-order valence-electron chi connectivity index (χ4n) is 1.67. The Labute approximate surface area is 121 Å². The maximum atomic E-state index is 12.1. The zero-order chi connectivity index (χ0) is 14.5. The molecule has 1 aromatic carbocycles. The summed E-state index contributed by atoms with van der Waals surface area (Å²) in [6.07, 6.45) is 2.41. The molecule has 0 unspecified atom stereocenters. The molecule has 0 radical (unpaired) electrons. The van der Waals surface area contributed by atoms with Gasteiger partial charge in [0, 0.05) is 11.4 Å².